The standard InChI is InChI=1S/C16H20N4O5S/c1-2-3-4-7-17-16(26)19-18-15(21)6-5-11-8-13-14(25-10-24-13)9-12(11)20(22)23/h5-6,8-9H,2-4,7,10H2,1H3,(H,18,21)(H2,17,19,26)/b6-5+. The summed E-state index contributed by atoms with van der Waals surface area (Å²) >= 11 is 5.03. The normalized spacial score (nSPS) is 12.0. The maximum Gasteiger partial charge on any atom is 0.280 e. The molecule has 0 spiro atoms. The molecule has 0 aliphatic carbocycles. The lowest BCUT2D eigenvalue weighted by molar-refractivity contribution is -0.385. The summed E-state index contributed by atoms with van der Waals surface area (Å²) in [5.74, 6) is 0.195. The summed E-state index contributed by atoms with van der Waals surface area (Å²) in [5, 5.41) is 14.4. The Morgan fingerprint density at radius 2 is 2.04 bits per heavy atom. The molecule has 1 aromatic rings. The number of thiocarbonyl (C=S) groups is 1. The van der Waals surface area contributed by atoms with Crippen molar-refractivity contribution in [2.24, 2.45) is 0 Å². The van der Waals surface area contributed by atoms with Crippen LogP contribution < -0.4 is 25.6 Å². The Morgan fingerprint density at radius 1 is 1.31 bits per heavy atom. The Bertz CT molecular complexity index is 723. The van der Waals surface area contributed by atoms with E-state index in [1.807, 2.05) is 0 Å². The molecule has 3 N–H and O–H groups in total. The third kappa shape index (κ3) is 5.59. The minimum absolute atomic E-state index is 0.00671. The molecule has 0 aromatic heterocycles. The predicted molar refractivity (Wildman–Crippen MR) is 99.7 cm³/mol. The van der Waals surface area contributed by atoms with Gasteiger partial charge in [0.25, 0.3) is 11.6 Å². The molecule has 0 bridgehead atoms. The zero-order valence-electron chi connectivity index (χ0n) is 14.2. The largest absolute Gasteiger partial charge is 0.454 e. The number of nitrogens with one attached hydrogen (secondary N) is 3. The molecule has 0 atom stereocenters. The van der Waals surface area contributed by atoms with E-state index in [1.165, 1.54) is 18.2 Å². The topological polar surface area (TPSA) is 115 Å². The highest BCUT2D eigenvalue weighted by Gasteiger charge is 2.22. The van der Waals surface area contributed by atoms with Gasteiger partial charge in [0.1, 0.15) is 0 Å². The van der Waals surface area contributed by atoms with Crippen LogP contribution in [-0.4, -0.2) is 29.3 Å². The fourth-order valence-corrected chi connectivity index (χ4v) is 2.34. The van der Waals surface area contributed by atoms with E-state index in [1.54, 1.807) is 0 Å². The summed E-state index contributed by atoms with van der Waals surface area (Å²) in [6.07, 6.45) is 5.68. The fraction of sp³-hybridized carbons (Fsp3) is 0.375. The number of hydrogen-bond donors (Lipinski definition) is 3. The van der Waals surface area contributed by atoms with Crippen molar-refractivity contribution in [2.75, 3.05) is 13.3 Å². The number of nitro benzene ring substituents is 1. The molecule has 1 aromatic carbocycles. The number of nitrogens with zero attached hydrogens (tertiary/aromatic N) is 1. The van der Waals surface area contributed by atoms with Gasteiger partial charge < -0.3 is 14.8 Å². The van der Waals surface area contributed by atoms with E-state index in [0.717, 1.165) is 31.9 Å². The summed E-state index contributed by atoms with van der Waals surface area (Å²) in [4.78, 5) is 22.5. The van der Waals surface area contributed by atoms with Crippen LogP contribution in [0, 0.1) is 10.1 Å². The lowest BCUT2D eigenvalue weighted by Crippen LogP contribution is -2.46. The Balaban J connectivity index is 1.90. The van der Waals surface area contributed by atoms with E-state index in [0.29, 0.717) is 16.6 Å². The lowest BCUT2D eigenvalue weighted by atomic mass is 10.1. The number of benzene rings is 1. The Labute approximate surface area is 155 Å². The van der Waals surface area contributed by atoms with Crippen LogP contribution >= 0.6 is 12.2 Å². The van der Waals surface area contributed by atoms with Crippen LogP contribution in [0.5, 0.6) is 11.5 Å². The molecular weight excluding hydrogens is 360 g/mol. The quantitative estimate of drug-likeness (QED) is 0.216. The second-order valence-corrected chi connectivity index (χ2v) is 5.84. The highest BCUT2D eigenvalue weighted by atomic mass is 32.1. The molecule has 1 aliphatic heterocycles. The lowest BCUT2D eigenvalue weighted by Gasteiger charge is -2.10. The third-order valence-electron chi connectivity index (χ3n) is 3.50. The molecule has 10 heteroatoms. The smallest absolute Gasteiger partial charge is 0.280 e. The minimum atomic E-state index is -0.548. The monoisotopic (exact) mass is 380 g/mol. The first-order chi connectivity index (χ1) is 12.5. The van der Waals surface area contributed by atoms with Gasteiger partial charge >= 0.3 is 0 Å². The molecule has 0 saturated carbocycles. The van der Waals surface area contributed by atoms with E-state index in [-0.39, 0.29) is 18.0 Å². The van der Waals surface area contributed by atoms with Crippen LogP contribution in [-0.2, 0) is 4.79 Å². The van der Waals surface area contributed by atoms with Crippen molar-refractivity contribution in [3.05, 3.63) is 33.9 Å². The van der Waals surface area contributed by atoms with Crippen LogP contribution in [0.15, 0.2) is 18.2 Å². The van der Waals surface area contributed by atoms with Gasteiger partial charge in [0.15, 0.2) is 16.6 Å². The molecule has 26 heavy (non-hydrogen) atoms. The number of fused-ring (bicyclic) bond motifs is 1. The molecule has 0 unspecified atom stereocenters. The van der Waals surface area contributed by atoms with Gasteiger partial charge in [-0.1, -0.05) is 19.8 Å². The molecule has 2 rings (SSSR count). The molecule has 1 amide bonds. The molecule has 1 heterocycles. The molecule has 0 saturated heterocycles. The van der Waals surface area contributed by atoms with Crippen molar-refractivity contribution >= 4 is 35.0 Å². The second kappa shape index (κ2) is 9.56. The van der Waals surface area contributed by atoms with Crippen molar-refractivity contribution in [1.82, 2.24) is 16.2 Å². The number of ether oxygens (including phenoxy) is 2. The second-order valence-electron chi connectivity index (χ2n) is 5.43. The Morgan fingerprint density at radius 3 is 2.73 bits per heavy atom. The number of carbonyl (C=O) groups excluding carboxylic acids is 1. The first-order valence-corrected chi connectivity index (χ1v) is 8.52. The maximum absolute atomic E-state index is 11.8. The number of unbranched alkanes of at least 4 members (excludes halogenated alkanes) is 2. The summed E-state index contributed by atoms with van der Waals surface area (Å²) < 4.78 is 10.3. The summed E-state index contributed by atoms with van der Waals surface area (Å²) in [6.45, 7) is 2.83. The average Bonchev–Trinajstić information content (AvgIpc) is 3.08. The van der Waals surface area contributed by atoms with Crippen molar-refractivity contribution in [1.29, 1.82) is 0 Å². The number of hydrogen-bond acceptors (Lipinski definition) is 6. The van der Waals surface area contributed by atoms with Gasteiger partial charge in [-0.15, -0.1) is 0 Å². The van der Waals surface area contributed by atoms with Crippen LogP contribution in [0.3, 0.4) is 0 Å². The molecular formula is C16H20N4O5S. The van der Waals surface area contributed by atoms with E-state index >= 15 is 0 Å². The van der Waals surface area contributed by atoms with Gasteiger partial charge in [-0.05, 0) is 30.8 Å². The molecule has 0 fully saturated rings. The van der Waals surface area contributed by atoms with Crippen LogP contribution in [0.4, 0.5) is 5.69 Å². The summed E-state index contributed by atoms with van der Waals surface area (Å²) in [6, 6.07) is 2.73. The minimum Gasteiger partial charge on any atom is -0.454 e. The number of hydrazine groups is 1. The molecule has 140 valence electrons. The number of carbonyl (C=O) groups is 1. The first-order valence-electron chi connectivity index (χ1n) is 8.11. The third-order valence-corrected chi connectivity index (χ3v) is 3.74. The van der Waals surface area contributed by atoms with Crippen molar-refractivity contribution in [3.8, 4) is 11.5 Å². The Hall–Kier alpha value is -2.88. The number of amides is 1. The SMILES string of the molecule is CCCCCNC(=S)NNC(=O)/C=C/c1cc2c(cc1[N+](=O)[O-])OCO2. The van der Waals surface area contributed by atoms with Crippen LogP contribution in [0.2, 0.25) is 0 Å². The first kappa shape index (κ1) is 19.4. The zero-order valence-corrected chi connectivity index (χ0v) is 15.1. The van der Waals surface area contributed by atoms with Crippen LogP contribution in [0.1, 0.15) is 31.7 Å². The average molecular weight is 380 g/mol. The van der Waals surface area contributed by atoms with Gasteiger partial charge in [-0.2, -0.15) is 0 Å². The molecule has 0 radical (unpaired) electrons. The van der Waals surface area contributed by atoms with E-state index < -0.39 is 10.8 Å². The van der Waals surface area contributed by atoms with Gasteiger partial charge in [-0.3, -0.25) is 25.8 Å². The number of rotatable bonds is 7. The fourth-order valence-electron chi connectivity index (χ4n) is 2.19. The van der Waals surface area contributed by atoms with E-state index in [4.69, 9.17) is 21.7 Å². The van der Waals surface area contributed by atoms with Crippen molar-refractivity contribution in [3.63, 3.8) is 0 Å². The highest BCUT2D eigenvalue weighted by molar-refractivity contribution is 7.80. The van der Waals surface area contributed by atoms with Gasteiger partial charge in [0, 0.05) is 12.6 Å². The highest BCUT2D eigenvalue weighted by Crippen LogP contribution is 2.38. The van der Waals surface area contributed by atoms with Crippen molar-refractivity contribution < 1.29 is 19.2 Å². The van der Waals surface area contributed by atoms with E-state index in [2.05, 4.69) is 23.1 Å². The van der Waals surface area contributed by atoms with Gasteiger partial charge in [0.2, 0.25) is 6.79 Å². The Kier molecular flexibility index (Phi) is 7.15. The molecule has 9 nitrogen and oxygen atoms in total. The predicted octanol–water partition coefficient (Wildman–Crippen LogP) is 2.02. The van der Waals surface area contributed by atoms with E-state index in [9.17, 15) is 14.9 Å². The van der Waals surface area contributed by atoms with Crippen LogP contribution in [0.25, 0.3) is 6.08 Å². The molecule has 1 aliphatic rings. The van der Waals surface area contributed by atoms with Crippen molar-refractivity contribution in [2.45, 2.75) is 26.2 Å². The maximum atomic E-state index is 11.8. The van der Waals surface area contributed by atoms with Gasteiger partial charge in [-0.25, -0.2) is 0 Å². The summed E-state index contributed by atoms with van der Waals surface area (Å²) in [5.41, 5.74) is 5.01. The van der Waals surface area contributed by atoms with Gasteiger partial charge in [0.05, 0.1) is 16.6 Å². The summed E-state index contributed by atoms with van der Waals surface area (Å²) in [7, 11) is 0. The number of nitro groups is 1. The zero-order chi connectivity index (χ0) is 18.9.